The van der Waals surface area contributed by atoms with Gasteiger partial charge in [0.05, 0.1) is 17.2 Å². The van der Waals surface area contributed by atoms with Gasteiger partial charge in [0.1, 0.15) is 0 Å². The number of fused-ring (bicyclic) bond motifs is 1. The topological polar surface area (TPSA) is 67.2 Å². The first-order valence-corrected chi connectivity index (χ1v) is 9.74. The molecule has 6 heteroatoms. The van der Waals surface area contributed by atoms with Crippen LogP contribution in [-0.2, 0) is 11.3 Å². The van der Waals surface area contributed by atoms with Crippen LogP contribution in [0.2, 0.25) is 0 Å². The molecule has 0 aliphatic carbocycles. The normalized spacial score (nSPS) is 16.9. The summed E-state index contributed by atoms with van der Waals surface area (Å²) in [6.45, 7) is 1.82. The summed E-state index contributed by atoms with van der Waals surface area (Å²) in [4.78, 5) is 31.5. The van der Waals surface area contributed by atoms with Gasteiger partial charge in [0.25, 0.3) is 5.56 Å². The number of nitrogens with one attached hydrogen (secondary N) is 1. The minimum absolute atomic E-state index is 0.0830. The van der Waals surface area contributed by atoms with Gasteiger partial charge < -0.3 is 10.2 Å². The molecule has 3 aromatic rings. The Morgan fingerprint density at radius 2 is 1.89 bits per heavy atom. The summed E-state index contributed by atoms with van der Waals surface area (Å²) in [6, 6.07) is 17.6. The number of aryl methyl sites for hydroxylation is 1. The number of carbonyl (C=O) groups is 1. The van der Waals surface area contributed by atoms with Gasteiger partial charge >= 0.3 is 0 Å². The summed E-state index contributed by atoms with van der Waals surface area (Å²) in [5.41, 5.74) is 1.66. The maximum Gasteiger partial charge on any atom is 0.261 e. The van der Waals surface area contributed by atoms with E-state index >= 15 is 0 Å². The minimum Gasteiger partial charge on any atom is -0.381 e. The number of hydrogen-bond acceptors (Lipinski definition) is 4. The van der Waals surface area contributed by atoms with Gasteiger partial charge in [-0.2, -0.15) is 0 Å². The number of para-hydroxylation sites is 2. The van der Waals surface area contributed by atoms with Gasteiger partial charge in [0, 0.05) is 37.8 Å². The Kier molecular flexibility index (Phi) is 5.37. The lowest BCUT2D eigenvalue weighted by molar-refractivity contribution is -0.132. The standard InChI is InChI=1S/C22H24N4O2/c27-21(12-14-26-16-23-20-11-5-4-10-19(20)22(26)28)25-13-6-9-18(15-25)24-17-7-2-1-3-8-17/h1-5,7-8,10-11,16,18,24H,6,9,12-15H2/t18-/m1/s1. The van der Waals surface area contributed by atoms with E-state index in [1.54, 1.807) is 6.07 Å². The minimum atomic E-state index is -0.0966. The molecule has 0 radical (unpaired) electrons. The number of rotatable bonds is 5. The molecule has 1 aliphatic heterocycles. The Morgan fingerprint density at radius 3 is 2.75 bits per heavy atom. The second-order valence-corrected chi connectivity index (χ2v) is 7.20. The Labute approximate surface area is 163 Å². The van der Waals surface area contributed by atoms with Crippen LogP contribution in [0.25, 0.3) is 10.9 Å². The number of hydrogen-bond donors (Lipinski definition) is 1. The van der Waals surface area contributed by atoms with Crippen molar-refractivity contribution in [2.75, 3.05) is 18.4 Å². The maximum absolute atomic E-state index is 12.7. The van der Waals surface area contributed by atoms with Crippen LogP contribution in [0.5, 0.6) is 0 Å². The molecule has 1 fully saturated rings. The van der Waals surface area contributed by atoms with Crippen molar-refractivity contribution in [2.24, 2.45) is 0 Å². The van der Waals surface area contributed by atoms with Crippen LogP contribution in [0.4, 0.5) is 5.69 Å². The molecule has 0 bridgehead atoms. The summed E-state index contributed by atoms with van der Waals surface area (Å²) < 4.78 is 1.53. The molecule has 1 aromatic heterocycles. The van der Waals surface area contributed by atoms with Gasteiger partial charge in [-0.15, -0.1) is 0 Å². The molecule has 1 saturated heterocycles. The smallest absolute Gasteiger partial charge is 0.261 e. The molecule has 0 saturated carbocycles. The van der Waals surface area contributed by atoms with Gasteiger partial charge in [-0.1, -0.05) is 30.3 Å². The third-order valence-corrected chi connectivity index (χ3v) is 5.22. The van der Waals surface area contributed by atoms with E-state index in [0.29, 0.717) is 30.4 Å². The van der Waals surface area contributed by atoms with Crippen LogP contribution in [0.15, 0.2) is 65.7 Å². The first-order valence-electron chi connectivity index (χ1n) is 9.74. The number of likely N-dealkylation sites (tertiary alicyclic amines) is 1. The third kappa shape index (κ3) is 4.06. The van der Waals surface area contributed by atoms with Crippen LogP contribution >= 0.6 is 0 Å². The van der Waals surface area contributed by atoms with E-state index in [1.807, 2.05) is 53.4 Å². The first-order chi connectivity index (χ1) is 13.7. The zero-order valence-electron chi connectivity index (χ0n) is 15.8. The fourth-order valence-electron chi connectivity index (χ4n) is 3.73. The second kappa shape index (κ2) is 8.25. The van der Waals surface area contributed by atoms with Crippen molar-refractivity contribution >= 4 is 22.5 Å². The molecule has 1 atom stereocenters. The lowest BCUT2D eigenvalue weighted by Crippen LogP contribution is -2.45. The lowest BCUT2D eigenvalue weighted by Gasteiger charge is -2.34. The van der Waals surface area contributed by atoms with Crippen molar-refractivity contribution in [3.63, 3.8) is 0 Å². The zero-order valence-corrected chi connectivity index (χ0v) is 15.8. The van der Waals surface area contributed by atoms with E-state index in [0.717, 1.165) is 25.1 Å². The molecule has 144 valence electrons. The molecule has 2 heterocycles. The summed E-state index contributed by atoms with van der Waals surface area (Å²) in [7, 11) is 0. The summed E-state index contributed by atoms with van der Waals surface area (Å²) in [5.74, 6) is 0.0830. The highest BCUT2D eigenvalue weighted by molar-refractivity contribution is 5.77. The lowest BCUT2D eigenvalue weighted by atomic mass is 10.0. The summed E-state index contributed by atoms with van der Waals surface area (Å²) in [6.07, 6.45) is 3.87. The van der Waals surface area contributed by atoms with Gasteiger partial charge in [-0.25, -0.2) is 4.98 Å². The van der Waals surface area contributed by atoms with E-state index < -0.39 is 0 Å². The van der Waals surface area contributed by atoms with Crippen LogP contribution in [0.1, 0.15) is 19.3 Å². The highest BCUT2D eigenvalue weighted by Crippen LogP contribution is 2.16. The van der Waals surface area contributed by atoms with Crippen LogP contribution < -0.4 is 10.9 Å². The quantitative estimate of drug-likeness (QED) is 0.744. The van der Waals surface area contributed by atoms with E-state index in [-0.39, 0.29) is 17.5 Å². The van der Waals surface area contributed by atoms with Crippen molar-refractivity contribution < 1.29 is 4.79 Å². The number of carbonyl (C=O) groups excluding carboxylic acids is 1. The monoisotopic (exact) mass is 376 g/mol. The van der Waals surface area contributed by atoms with E-state index in [1.165, 1.54) is 10.9 Å². The predicted molar refractivity (Wildman–Crippen MR) is 110 cm³/mol. The van der Waals surface area contributed by atoms with Crippen molar-refractivity contribution in [2.45, 2.75) is 31.8 Å². The van der Waals surface area contributed by atoms with Gasteiger partial charge in [0.2, 0.25) is 5.91 Å². The SMILES string of the molecule is O=C(CCn1cnc2ccccc2c1=O)N1CCC[C@@H](Nc2ccccc2)C1. The van der Waals surface area contributed by atoms with Crippen molar-refractivity contribution in [1.82, 2.24) is 14.5 Å². The van der Waals surface area contributed by atoms with Crippen molar-refractivity contribution in [3.8, 4) is 0 Å². The highest BCUT2D eigenvalue weighted by atomic mass is 16.2. The van der Waals surface area contributed by atoms with Crippen LogP contribution in [-0.4, -0.2) is 39.5 Å². The van der Waals surface area contributed by atoms with E-state index in [4.69, 9.17) is 0 Å². The zero-order chi connectivity index (χ0) is 19.3. The average Bonchev–Trinajstić information content (AvgIpc) is 2.74. The number of aromatic nitrogens is 2. The molecular formula is C22H24N4O2. The maximum atomic E-state index is 12.7. The van der Waals surface area contributed by atoms with Gasteiger partial charge in [0.15, 0.2) is 0 Å². The molecule has 1 aliphatic rings. The van der Waals surface area contributed by atoms with Crippen molar-refractivity contribution in [3.05, 3.63) is 71.3 Å². The average molecular weight is 376 g/mol. The Morgan fingerprint density at radius 1 is 1.11 bits per heavy atom. The second-order valence-electron chi connectivity index (χ2n) is 7.20. The predicted octanol–water partition coefficient (Wildman–Crippen LogP) is 2.89. The number of nitrogens with zero attached hydrogens (tertiary/aromatic N) is 3. The molecule has 28 heavy (non-hydrogen) atoms. The largest absolute Gasteiger partial charge is 0.381 e. The number of amides is 1. The van der Waals surface area contributed by atoms with Gasteiger partial charge in [-0.3, -0.25) is 14.2 Å². The fourth-order valence-corrected chi connectivity index (χ4v) is 3.73. The first kappa shape index (κ1) is 18.2. The van der Waals surface area contributed by atoms with Crippen molar-refractivity contribution in [1.29, 1.82) is 0 Å². The third-order valence-electron chi connectivity index (χ3n) is 5.22. The van der Waals surface area contributed by atoms with E-state index in [2.05, 4.69) is 10.3 Å². The molecule has 2 aromatic carbocycles. The van der Waals surface area contributed by atoms with Crippen LogP contribution in [0.3, 0.4) is 0 Å². The number of benzene rings is 2. The molecule has 6 nitrogen and oxygen atoms in total. The molecule has 1 N–H and O–H groups in total. The fraction of sp³-hybridized carbons (Fsp3) is 0.318. The molecule has 0 spiro atoms. The molecule has 1 amide bonds. The molecule has 4 rings (SSSR count). The molecule has 0 unspecified atom stereocenters. The van der Waals surface area contributed by atoms with Crippen LogP contribution in [0, 0.1) is 0 Å². The Bertz CT molecular complexity index is 1020. The van der Waals surface area contributed by atoms with E-state index in [9.17, 15) is 9.59 Å². The number of anilines is 1. The van der Waals surface area contributed by atoms with Gasteiger partial charge in [-0.05, 0) is 37.1 Å². The Balaban J connectivity index is 1.37. The summed E-state index contributed by atoms with van der Waals surface area (Å²) in [5, 5.41) is 4.10. The Hall–Kier alpha value is -3.15. The number of piperidine rings is 1. The molecular weight excluding hydrogens is 352 g/mol. The summed E-state index contributed by atoms with van der Waals surface area (Å²) >= 11 is 0. The highest BCUT2D eigenvalue weighted by Gasteiger charge is 2.23.